The molecule has 0 spiro atoms. The Morgan fingerprint density at radius 2 is 1.83 bits per heavy atom. The van der Waals surface area contributed by atoms with Crippen LogP contribution in [0.15, 0.2) is 30.3 Å². The van der Waals surface area contributed by atoms with Gasteiger partial charge in [-0.25, -0.2) is 0 Å². The molecule has 1 aliphatic rings. The molecule has 1 fully saturated rings. The first-order valence-corrected chi connectivity index (χ1v) is 8.07. The Labute approximate surface area is 142 Å². The third-order valence-corrected chi connectivity index (χ3v) is 3.83. The average molecular weight is 331 g/mol. The summed E-state index contributed by atoms with van der Waals surface area (Å²) < 4.78 is 0. The summed E-state index contributed by atoms with van der Waals surface area (Å²) >= 11 is 0. The molecule has 1 atom stereocenters. The Bertz CT molecular complexity index is 622. The van der Waals surface area contributed by atoms with Gasteiger partial charge in [0.15, 0.2) is 0 Å². The molecular formula is C18H25N3O3. The molecule has 1 aromatic rings. The van der Waals surface area contributed by atoms with E-state index >= 15 is 0 Å². The van der Waals surface area contributed by atoms with Crippen LogP contribution in [0.25, 0.3) is 0 Å². The number of amides is 3. The summed E-state index contributed by atoms with van der Waals surface area (Å²) in [5, 5.41) is 2.84. The van der Waals surface area contributed by atoms with Crippen LogP contribution in [0.4, 0.5) is 0 Å². The zero-order chi connectivity index (χ0) is 17.9. The Balaban J connectivity index is 2.19. The average Bonchev–Trinajstić information content (AvgIpc) is 2.47. The second-order valence-corrected chi connectivity index (χ2v) is 7.22. The van der Waals surface area contributed by atoms with E-state index in [0.717, 1.165) is 5.56 Å². The molecule has 24 heavy (non-hydrogen) atoms. The largest absolute Gasteiger partial charge is 0.350 e. The van der Waals surface area contributed by atoms with Crippen LogP contribution in [0.3, 0.4) is 0 Å². The maximum atomic E-state index is 12.6. The quantitative estimate of drug-likeness (QED) is 0.888. The lowest BCUT2D eigenvalue weighted by molar-refractivity contribution is -0.156. The van der Waals surface area contributed by atoms with Crippen molar-refractivity contribution in [1.82, 2.24) is 15.1 Å². The number of benzene rings is 1. The molecule has 6 nitrogen and oxygen atoms in total. The minimum absolute atomic E-state index is 0.00687. The lowest BCUT2D eigenvalue weighted by Gasteiger charge is -2.39. The SMILES string of the molecule is CN1CC(=O)N(CC(=O)NC(C)(C)C)[C@@H](Cc2ccccc2)C1=O. The van der Waals surface area contributed by atoms with Gasteiger partial charge in [-0.3, -0.25) is 14.4 Å². The van der Waals surface area contributed by atoms with Gasteiger partial charge in [0.25, 0.3) is 0 Å². The number of likely N-dealkylation sites (N-methyl/N-ethyl adjacent to an activating group) is 1. The van der Waals surface area contributed by atoms with Crippen LogP contribution < -0.4 is 5.32 Å². The van der Waals surface area contributed by atoms with Gasteiger partial charge in [-0.15, -0.1) is 0 Å². The fourth-order valence-corrected chi connectivity index (χ4v) is 2.78. The predicted molar refractivity (Wildman–Crippen MR) is 91.2 cm³/mol. The van der Waals surface area contributed by atoms with Crippen LogP contribution in [0.1, 0.15) is 26.3 Å². The molecule has 1 heterocycles. The summed E-state index contributed by atoms with van der Waals surface area (Å²) in [6.07, 6.45) is 0.401. The van der Waals surface area contributed by atoms with Crippen molar-refractivity contribution in [2.24, 2.45) is 0 Å². The topological polar surface area (TPSA) is 69.7 Å². The highest BCUT2D eigenvalue weighted by atomic mass is 16.2. The summed E-state index contributed by atoms with van der Waals surface area (Å²) in [5.41, 5.74) is 0.575. The number of piperazine rings is 1. The smallest absolute Gasteiger partial charge is 0.245 e. The number of nitrogens with zero attached hydrogens (tertiary/aromatic N) is 2. The van der Waals surface area contributed by atoms with Gasteiger partial charge in [-0.05, 0) is 26.3 Å². The van der Waals surface area contributed by atoms with Crippen molar-refractivity contribution in [3.63, 3.8) is 0 Å². The Hall–Kier alpha value is -2.37. The second kappa shape index (κ2) is 7.03. The van der Waals surface area contributed by atoms with E-state index < -0.39 is 6.04 Å². The lowest BCUT2D eigenvalue weighted by Crippen LogP contribution is -2.61. The number of hydrogen-bond acceptors (Lipinski definition) is 3. The minimum atomic E-state index is -0.649. The monoisotopic (exact) mass is 331 g/mol. The second-order valence-electron chi connectivity index (χ2n) is 7.22. The van der Waals surface area contributed by atoms with Crippen molar-refractivity contribution in [2.75, 3.05) is 20.1 Å². The first kappa shape index (κ1) is 18.0. The highest BCUT2D eigenvalue weighted by Gasteiger charge is 2.38. The number of carbonyl (C=O) groups is 3. The van der Waals surface area contributed by atoms with Crippen molar-refractivity contribution < 1.29 is 14.4 Å². The molecule has 1 saturated heterocycles. The maximum Gasteiger partial charge on any atom is 0.245 e. The lowest BCUT2D eigenvalue weighted by atomic mass is 10.0. The summed E-state index contributed by atoms with van der Waals surface area (Å²) in [6.45, 7) is 5.54. The number of nitrogens with one attached hydrogen (secondary N) is 1. The van der Waals surface area contributed by atoms with Crippen molar-refractivity contribution >= 4 is 17.7 Å². The number of rotatable bonds is 4. The third kappa shape index (κ3) is 4.57. The fourth-order valence-electron chi connectivity index (χ4n) is 2.78. The molecule has 0 radical (unpaired) electrons. The highest BCUT2D eigenvalue weighted by molar-refractivity contribution is 5.97. The summed E-state index contributed by atoms with van der Waals surface area (Å²) in [4.78, 5) is 40.0. The van der Waals surface area contributed by atoms with Gasteiger partial charge < -0.3 is 15.1 Å². The zero-order valence-corrected chi connectivity index (χ0v) is 14.7. The van der Waals surface area contributed by atoms with E-state index in [0.29, 0.717) is 6.42 Å². The van der Waals surface area contributed by atoms with E-state index in [4.69, 9.17) is 0 Å². The zero-order valence-electron chi connectivity index (χ0n) is 14.7. The number of carbonyl (C=O) groups excluding carboxylic acids is 3. The summed E-state index contributed by atoms with van der Waals surface area (Å²) in [6, 6.07) is 8.87. The van der Waals surface area contributed by atoms with Gasteiger partial charge in [0.1, 0.15) is 12.6 Å². The first-order valence-electron chi connectivity index (χ1n) is 8.07. The van der Waals surface area contributed by atoms with Crippen LogP contribution in [0, 0.1) is 0 Å². The number of hydrogen-bond donors (Lipinski definition) is 1. The van der Waals surface area contributed by atoms with Crippen LogP contribution >= 0.6 is 0 Å². The van der Waals surface area contributed by atoms with Crippen molar-refractivity contribution in [3.05, 3.63) is 35.9 Å². The highest BCUT2D eigenvalue weighted by Crippen LogP contribution is 2.16. The molecule has 0 aromatic heterocycles. The Kier molecular flexibility index (Phi) is 5.26. The van der Waals surface area contributed by atoms with Crippen LogP contribution in [0.2, 0.25) is 0 Å². The molecule has 6 heteroatoms. The van der Waals surface area contributed by atoms with E-state index in [9.17, 15) is 14.4 Å². The molecule has 130 valence electrons. The molecule has 1 aliphatic heterocycles. The molecule has 0 saturated carbocycles. The summed E-state index contributed by atoms with van der Waals surface area (Å²) in [7, 11) is 1.62. The molecular weight excluding hydrogens is 306 g/mol. The van der Waals surface area contributed by atoms with E-state index in [2.05, 4.69) is 5.32 Å². The molecule has 0 unspecified atom stereocenters. The first-order chi connectivity index (χ1) is 11.2. The van der Waals surface area contributed by atoms with Gasteiger partial charge in [0.05, 0.1) is 6.54 Å². The van der Waals surface area contributed by atoms with Gasteiger partial charge in [-0.2, -0.15) is 0 Å². The standard InChI is InChI=1S/C18H25N3O3/c1-18(2,3)19-15(22)11-21-14(10-13-8-6-5-7-9-13)17(24)20(4)12-16(21)23/h5-9,14H,10-12H2,1-4H3,(H,19,22)/t14-/m0/s1. The molecule has 1 N–H and O–H groups in total. The van der Waals surface area contributed by atoms with Gasteiger partial charge in [0, 0.05) is 19.0 Å². The van der Waals surface area contributed by atoms with Crippen LogP contribution in [0.5, 0.6) is 0 Å². The molecule has 1 aromatic carbocycles. The van der Waals surface area contributed by atoms with E-state index in [1.165, 1.54) is 9.80 Å². The molecule has 0 aliphatic carbocycles. The summed E-state index contributed by atoms with van der Waals surface area (Å²) in [5.74, 6) is -0.602. The van der Waals surface area contributed by atoms with Gasteiger partial charge >= 0.3 is 0 Å². The van der Waals surface area contributed by atoms with E-state index in [1.54, 1.807) is 7.05 Å². The van der Waals surface area contributed by atoms with Gasteiger partial charge in [0.2, 0.25) is 17.7 Å². The third-order valence-electron chi connectivity index (χ3n) is 3.83. The molecule has 3 amide bonds. The van der Waals surface area contributed by atoms with Crippen LogP contribution in [-0.2, 0) is 20.8 Å². The Morgan fingerprint density at radius 1 is 1.21 bits per heavy atom. The van der Waals surface area contributed by atoms with Gasteiger partial charge in [-0.1, -0.05) is 30.3 Å². The van der Waals surface area contributed by atoms with E-state index in [-0.39, 0.29) is 36.3 Å². The van der Waals surface area contributed by atoms with Crippen molar-refractivity contribution in [2.45, 2.75) is 38.8 Å². The molecule has 2 rings (SSSR count). The Morgan fingerprint density at radius 3 is 2.42 bits per heavy atom. The van der Waals surface area contributed by atoms with E-state index in [1.807, 2.05) is 51.1 Å². The fraction of sp³-hybridized carbons (Fsp3) is 0.500. The molecule has 0 bridgehead atoms. The van der Waals surface area contributed by atoms with Crippen molar-refractivity contribution in [1.29, 1.82) is 0 Å². The maximum absolute atomic E-state index is 12.6. The normalized spacial score (nSPS) is 18.8. The van der Waals surface area contributed by atoms with Crippen molar-refractivity contribution in [3.8, 4) is 0 Å². The van der Waals surface area contributed by atoms with Crippen LogP contribution in [-0.4, -0.2) is 59.2 Å². The minimum Gasteiger partial charge on any atom is -0.350 e. The predicted octanol–water partition coefficient (Wildman–Crippen LogP) is 0.813.